The van der Waals surface area contributed by atoms with Gasteiger partial charge < -0.3 is 4.74 Å². The first-order valence-corrected chi connectivity index (χ1v) is 9.16. The molecule has 0 radical (unpaired) electrons. The summed E-state index contributed by atoms with van der Waals surface area (Å²) in [4.78, 5) is 2.64. The van der Waals surface area contributed by atoms with E-state index in [-0.39, 0.29) is 0 Å². The van der Waals surface area contributed by atoms with Gasteiger partial charge in [0.05, 0.1) is 6.61 Å². The SMILES string of the molecule is C=C/C=C\c1cc(-c2ccc(OCCCC)c(CC)c2)sc1C. The molecule has 1 aromatic heterocycles. The molecule has 23 heavy (non-hydrogen) atoms. The lowest BCUT2D eigenvalue weighted by molar-refractivity contribution is 0.306. The van der Waals surface area contributed by atoms with Gasteiger partial charge in [0.2, 0.25) is 0 Å². The summed E-state index contributed by atoms with van der Waals surface area (Å²) in [5.41, 5.74) is 3.83. The predicted molar refractivity (Wildman–Crippen MR) is 104 cm³/mol. The number of hydrogen-bond donors (Lipinski definition) is 0. The zero-order valence-corrected chi connectivity index (χ0v) is 15.2. The van der Waals surface area contributed by atoms with Crippen LogP contribution in [0.4, 0.5) is 0 Å². The highest BCUT2D eigenvalue weighted by Gasteiger charge is 2.09. The largest absolute Gasteiger partial charge is 0.493 e. The van der Waals surface area contributed by atoms with Gasteiger partial charge in [-0.2, -0.15) is 0 Å². The minimum absolute atomic E-state index is 0.803. The second kappa shape index (κ2) is 8.73. The Labute approximate surface area is 144 Å². The quantitative estimate of drug-likeness (QED) is 0.389. The maximum Gasteiger partial charge on any atom is 0.122 e. The number of rotatable bonds is 8. The summed E-state index contributed by atoms with van der Waals surface area (Å²) < 4.78 is 5.92. The first-order valence-electron chi connectivity index (χ1n) is 8.35. The van der Waals surface area contributed by atoms with Gasteiger partial charge in [-0.05, 0) is 60.7 Å². The highest BCUT2D eigenvalue weighted by Crippen LogP contribution is 2.34. The molecule has 0 aliphatic heterocycles. The van der Waals surface area contributed by atoms with Crippen LogP contribution in [0.2, 0.25) is 0 Å². The molecule has 122 valence electrons. The van der Waals surface area contributed by atoms with E-state index in [0.717, 1.165) is 31.6 Å². The molecule has 1 nitrogen and oxygen atoms in total. The van der Waals surface area contributed by atoms with E-state index in [0.29, 0.717) is 0 Å². The second-order valence-electron chi connectivity index (χ2n) is 5.60. The summed E-state index contributed by atoms with van der Waals surface area (Å²) in [6.07, 6.45) is 9.17. The summed E-state index contributed by atoms with van der Waals surface area (Å²) >= 11 is 1.84. The van der Waals surface area contributed by atoms with Crippen LogP contribution in [0.3, 0.4) is 0 Å². The number of ether oxygens (including phenoxy) is 1. The normalized spacial score (nSPS) is 11.1. The van der Waals surface area contributed by atoms with Gasteiger partial charge in [-0.1, -0.05) is 45.1 Å². The molecule has 1 heterocycles. The molecule has 0 saturated heterocycles. The van der Waals surface area contributed by atoms with Crippen molar-refractivity contribution in [2.24, 2.45) is 0 Å². The molecule has 0 saturated carbocycles. The Bertz CT molecular complexity index is 679. The van der Waals surface area contributed by atoms with Crippen molar-refractivity contribution in [2.45, 2.75) is 40.0 Å². The van der Waals surface area contributed by atoms with E-state index in [1.54, 1.807) is 0 Å². The third-order valence-corrected chi connectivity index (χ3v) is 4.96. The molecule has 2 heteroatoms. The van der Waals surface area contributed by atoms with Gasteiger partial charge in [0.1, 0.15) is 5.75 Å². The van der Waals surface area contributed by atoms with Crippen LogP contribution in [0.15, 0.2) is 43.0 Å². The van der Waals surface area contributed by atoms with Crippen molar-refractivity contribution in [2.75, 3.05) is 6.61 Å². The number of allylic oxidation sites excluding steroid dienone is 2. The van der Waals surface area contributed by atoms with Gasteiger partial charge in [0.15, 0.2) is 0 Å². The lowest BCUT2D eigenvalue weighted by atomic mass is 10.1. The van der Waals surface area contributed by atoms with Crippen molar-refractivity contribution in [3.63, 3.8) is 0 Å². The summed E-state index contributed by atoms with van der Waals surface area (Å²) in [5, 5.41) is 0. The monoisotopic (exact) mass is 326 g/mol. The van der Waals surface area contributed by atoms with Gasteiger partial charge in [-0.15, -0.1) is 11.3 Å². The lowest BCUT2D eigenvalue weighted by Gasteiger charge is -2.11. The maximum atomic E-state index is 5.92. The third-order valence-electron chi connectivity index (χ3n) is 3.85. The molecule has 0 unspecified atom stereocenters. The number of hydrogen-bond acceptors (Lipinski definition) is 2. The minimum Gasteiger partial charge on any atom is -0.493 e. The Balaban J connectivity index is 2.26. The molecular weight excluding hydrogens is 300 g/mol. The van der Waals surface area contributed by atoms with Crippen molar-refractivity contribution in [1.82, 2.24) is 0 Å². The van der Waals surface area contributed by atoms with Crippen LogP contribution in [0, 0.1) is 6.92 Å². The van der Waals surface area contributed by atoms with Gasteiger partial charge in [0, 0.05) is 9.75 Å². The Morgan fingerprint density at radius 2 is 2.04 bits per heavy atom. The molecule has 0 N–H and O–H groups in total. The Morgan fingerprint density at radius 1 is 1.22 bits per heavy atom. The van der Waals surface area contributed by atoms with Crippen molar-refractivity contribution in [1.29, 1.82) is 0 Å². The number of unbranched alkanes of at least 4 members (excludes halogenated alkanes) is 1. The molecule has 0 amide bonds. The predicted octanol–water partition coefficient (Wildman–Crippen LogP) is 6.66. The fourth-order valence-corrected chi connectivity index (χ4v) is 3.46. The van der Waals surface area contributed by atoms with Crippen LogP contribution in [-0.2, 0) is 6.42 Å². The molecule has 0 bridgehead atoms. The maximum absolute atomic E-state index is 5.92. The van der Waals surface area contributed by atoms with E-state index in [1.807, 2.05) is 23.5 Å². The fourth-order valence-electron chi connectivity index (χ4n) is 2.45. The van der Waals surface area contributed by atoms with Crippen LogP contribution in [0.1, 0.15) is 42.7 Å². The average Bonchev–Trinajstić information content (AvgIpc) is 2.94. The van der Waals surface area contributed by atoms with Crippen LogP contribution in [-0.4, -0.2) is 6.61 Å². The van der Waals surface area contributed by atoms with Crippen LogP contribution >= 0.6 is 11.3 Å². The summed E-state index contributed by atoms with van der Waals surface area (Å²) in [6.45, 7) is 11.1. The van der Waals surface area contributed by atoms with E-state index in [9.17, 15) is 0 Å². The van der Waals surface area contributed by atoms with Crippen molar-refractivity contribution >= 4 is 17.4 Å². The van der Waals surface area contributed by atoms with E-state index >= 15 is 0 Å². The summed E-state index contributed by atoms with van der Waals surface area (Å²) in [5.74, 6) is 1.03. The fraction of sp³-hybridized carbons (Fsp3) is 0.333. The second-order valence-corrected chi connectivity index (χ2v) is 6.85. The Morgan fingerprint density at radius 3 is 2.74 bits per heavy atom. The van der Waals surface area contributed by atoms with E-state index in [1.165, 1.54) is 26.4 Å². The van der Waals surface area contributed by atoms with Crippen molar-refractivity contribution < 1.29 is 4.74 Å². The van der Waals surface area contributed by atoms with Crippen molar-refractivity contribution in [3.8, 4) is 16.2 Å². The van der Waals surface area contributed by atoms with Gasteiger partial charge in [-0.3, -0.25) is 0 Å². The number of aryl methyl sites for hydroxylation is 2. The minimum atomic E-state index is 0.803. The highest BCUT2D eigenvalue weighted by molar-refractivity contribution is 7.15. The molecule has 2 aromatic rings. The molecule has 0 fully saturated rings. The molecule has 0 aliphatic carbocycles. The number of benzene rings is 1. The standard InChI is InChI=1S/C21H26OS/c1-5-8-10-18-15-21(23-16(18)4)19-11-12-20(17(7-3)14-19)22-13-9-6-2/h5,8,10-12,14-15H,1,6-7,9,13H2,2-4H3/b10-8-. The highest BCUT2D eigenvalue weighted by atomic mass is 32.1. The van der Waals surface area contributed by atoms with Crippen molar-refractivity contribution in [3.05, 3.63) is 59.0 Å². The third kappa shape index (κ3) is 4.59. The zero-order valence-electron chi connectivity index (χ0n) is 14.4. The Hall–Kier alpha value is -1.80. The molecule has 1 aromatic carbocycles. The van der Waals surface area contributed by atoms with E-state index < -0.39 is 0 Å². The molecule has 2 rings (SSSR count). The molecule has 0 aliphatic rings. The van der Waals surface area contributed by atoms with Gasteiger partial charge in [0.25, 0.3) is 0 Å². The van der Waals surface area contributed by atoms with E-state index in [2.05, 4.69) is 57.7 Å². The zero-order chi connectivity index (χ0) is 16.7. The molecule has 0 spiro atoms. The van der Waals surface area contributed by atoms with Gasteiger partial charge in [-0.25, -0.2) is 0 Å². The first-order chi connectivity index (χ1) is 11.2. The summed E-state index contributed by atoms with van der Waals surface area (Å²) in [7, 11) is 0. The number of thiophene rings is 1. The van der Waals surface area contributed by atoms with Crippen LogP contribution in [0.5, 0.6) is 5.75 Å². The smallest absolute Gasteiger partial charge is 0.122 e. The lowest BCUT2D eigenvalue weighted by Crippen LogP contribution is -1.99. The topological polar surface area (TPSA) is 9.23 Å². The summed E-state index contributed by atoms with van der Waals surface area (Å²) in [6, 6.07) is 8.82. The average molecular weight is 327 g/mol. The molecular formula is C21H26OS. The first kappa shape index (κ1) is 17.6. The van der Waals surface area contributed by atoms with Crippen LogP contribution < -0.4 is 4.74 Å². The van der Waals surface area contributed by atoms with Crippen LogP contribution in [0.25, 0.3) is 16.5 Å². The Kier molecular flexibility index (Phi) is 6.66. The van der Waals surface area contributed by atoms with Gasteiger partial charge >= 0.3 is 0 Å². The molecule has 0 atom stereocenters. The van der Waals surface area contributed by atoms with E-state index in [4.69, 9.17) is 4.74 Å².